The summed E-state index contributed by atoms with van der Waals surface area (Å²) in [6.45, 7) is 0. The Morgan fingerprint density at radius 3 is 2.54 bits per heavy atom. The van der Waals surface area contributed by atoms with Crippen molar-refractivity contribution in [2.24, 2.45) is 0 Å². The molecule has 0 fully saturated rings. The Morgan fingerprint density at radius 2 is 1.77 bits per heavy atom. The maximum atomic E-state index is 6.17. The third-order valence-corrected chi connectivity index (χ3v) is 5.05. The minimum Gasteiger partial charge on any atom is -0.346 e. The van der Waals surface area contributed by atoms with Crippen molar-refractivity contribution in [2.75, 3.05) is 0 Å². The second-order valence-corrected chi connectivity index (χ2v) is 6.94. The van der Waals surface area contributed by atoms with Crippen LogP contribution in [0.4, 0.5) is 0 Å². The number of aryl methyl sites for hydroxylation is 1. The fraction of sp³-hybridized carbons (Fsp3) is 0.150. The number of H-pyrrole nitrogens is 1. The molecule has 0 radical (unpaired) electrons. The highest BCUT2D eigenvalue weighted by Crippen LogP contribution is 2.24. The number of aromatic amines is 1. The summed E-state index contributed by atoms with van der Waals surface area (Å²) >= 11 is 12.3. The van der Waals surface area contributed by atoms with Crippen molar-refractivity contribution in [3.8, 4) is 0 Å². The molecule has 0 saturated heterocycles. The van der Waals surface area contributed by atoms with Crippen LogP contribution in [0.2, 0.25) is 10.0 Å². The third kappa shape index (κ3) is 3.57. The monoisotopic (exact) mass is 382 g/mol. The molecule has 0 amide bonds. The molecule has 130 valence electrons. The van der Waals surface area contributed by atoms with E-state index in [4.69, 9.17) is 23.2 Å². The first-order valence-corrected chi connectivity index (χ1v) is 9.09. The molecule has 0 aromatic carbocycles. The molecule has 4 heterocycles. The van der Waals surface area contributed by atoms with Gasteiger partial charge >= 0.3 is 0 Å². The molecule has 0 aliphatic rings. The van der Waals surface area contributed by atoms with Gasteiger partial charge in [0.2, 0.25) is 0 Å². The molecule has 0 bridgehead atoms. The van der Waals surface area contributed by atoms with Crippen molar-refractivity contribution in [3.63, 3.8) is 0 Å². The van der Waals surface area contributed by atoms with Gasteiger partial charge in [-0.2, -0.15) is 0 Å². The van der Waals surface area contributed by atoms with Crippen molar-refractivity contribution >= 4 is 34.2 Å². The third-order valence-electron chi connectivity index (χ3n) is 4.40. The van der Waals surface area contributed by atoms with E-state index in [2.05, 4.69) is 38.1 Å². The van der Waals surface area contributed by atoms with Crippen LogP contribution in [0.5, 0.6) is 0 Å². The molecular formula is C20H16Cl2N4. The van der Waals surface area contributed by atoms with Gasteiger partial charge in [0.15, 0.2) is 0 Å². The van der Waals surface area contributed by atoms with E-state index in [0.717, 1.165) is 41.6 Å². The number of halogens is 2. The van der Waals surface area contributed by atoms with Gasteiger partial charge in [0.25, 0.3) is 0 Å². The van der Waals surface area contributed by atoms with E-state index in [0.29, 0.717) is 10.0 Å². The van der Waals surface area contributed by atoms with Crippen LogP contribution >= 0.6 is 23.2 Å². The lowest BCUT2D eigenvalue weighted by Gasteiger charge is -2.07. The molecule has 0 aliphatic heterocycles. The minimum atomic E-state index is 0.599. The van der Waals surface area contributed by atoms with Gasteiger partial charge in [0.1, 0.15) is 5.65 Å². The Bertz CT molecular complexity index is 1020. The second kappa shape index (κ2) is 7.44. The van der Waals surface area contributed by atoms with Gasteiger partial charge in [0.05, 0.1) is 10.0 Å². The van der Waals surface area contributed by atoms with Crippen molar-refractivity contribution in [3.05, 3.63) is 87.7 Å². The summed E-state index contributed by atoms with van der Waals surface area (Å²) in [7, 11) is 0. The molecule has 0 atom stereocenters. The summed E-state index contributed by atoms with van der Waals surface area (Å²) in [4.78, 5) is 16.1. The zero-order valence-corrected chi connectivity index (χ0v) is 15.4. The molecule has 6 heteroatoms. The van der Waals surface area contributed by atoms with Crippen molar-refractivity contribution in [1.29, 1.82) is 0 Å². The second-order valence-electron chi connectivity index (χ2n) is 6.13. The predicted octanol–water partition coefficient (Wildman–Crippen LogP) is 5.04. The topological polar surface area (TPSA) is 54.5 Å². The number of hydrogen-bond acceptors (Lipinski definition) is 3. The van der Waals surface area contributed by atoms with Crippen LogP contribution in [-0.2, 0) is 19.3 Å². The van der Waals surface area contributed by atoms with Gasteiger partial charge in [-0.1, -0.05) is 29.3 Å². The van der Waals surface area contributed by atoms with Crippen LogP contribution in [0.25, 0.3) is 11.0 Å². The fourth-order valence-electron chi connectivity index (χ4n) is 3.02. The maximum Gasteiger partial charge on any atom is 0.137 e. The number of fused-ring (bicyclic) bond motifs is 1. The molecule has 4 aromatic rings. The molecule has 0 unspecified atom stereocenters. The van der Waals surface area contributed by atoms with E-state index in [-0.39, 0.29) is 0 Å². The summed E-state index contributed by atoms with van der Waals surface area (Å²) in [6, 6.07) is 8.22. The van der Waals surface area contributed by atoms with Gasteiger partial charge in [-0.3, -0.25) is 9.97 Å². The number of nitrogens with zero attached hydrogens (tertiary/aromatic N) is 3. The highest BCUT2D eigenvalue weighted by Gasteiger charge is 2.08. The molecule has 0 saturated carbocycles. The predicted molar refractivity (Wildman–Crippen MR) is 105 cm³/mol. The quantitative estimate of drug-likeness (QED) is 0.526. The number of nitrogens with one attached hydrogen (secondary N) is 1. The summed E-state index contributed by atoms with van der Waals surface area (Å²) in [5.74, 6) is 0. The molecule has 0 aliphatic carbocycles. The van der Waals surface area contributed by atoms with Crippen LogP contribution in [0, 0.1) is 0 Å². The molecular weight excluding hydrogens is 367 g/mol. The number of pyridine rings is 3. The minimum absolute atomic E-state index is 0.599. The number of rotatable bonds is 5. The summed E-state index contributed by atoms with van der Waals surface area (Å²) in [5, 5.41) is 2.35. The van der Waals surface area contributed by atoms with Gasteiger partial charge in [-0.15, -0.1) is 0 Å². The van der Waals surface area contributed by atoms with Crippen LogP contribution in [0.15, 0.2) is 55.2 Å². The molecule has 1 N–H and O–H groups in total. The molecule has 26 heavy (non-hydrogen) atoms. The fourth-order valence-corrected chi connectivity index (χ4v) is 3.57. The van der Waals surface area contributed by atoms with Gasteiger partial charge in [-0.05, 0) is 47.7 Å². The first kappa shape index (κ1) is 17.0. The van der Waals surface area contributed by atoms with E-state index in [1.165, 1.54) is 11.1 Å². The van der Waals surface area contributed by atoms with Crippen molar-refractivity contribution in [1.82, 2.24) is 19.9 Å². The first-order valence-electron chi connectivity index (χ1n) is 8.33. The lowest BCUT2D eigenvalue weighted by molar-refractivity contribution is 0.906. The SMILES string of the molecule is Clc1cncc(Cl)c1CCc1ccc(Cc2c[nH]c3ncccc23)cn1. The Morgan fingerprint density at radius 1 is 0.923 bits per heavy atom. The van der Waals surface area contributed by atoms with Crippen molar-refractivity contribution in [2.45, 2.75) is 19.3 Å². The molecule has 4 nitrogen and oxygen atoms in total. The van der Waals surface area contributed by atoms with E-state index in [9.17, 15) is 0 Å². The summed E-state index contributed by atoms with van der Waals surface area (Å²) in [5.41, 5.74) is 5.23. The Labute approximate surface area is 161 Å². The maximum absolute atomic E-state index is 6.17. The van der Waals surface area contributed by atoms with E-state index < -0.39 is 0 Å². The van der Waals surface area contributed by atoms with Crippen molar-refractivity contribution < 1.29 is 0 Å². The van der Waals surface area contributed by atoms with Gasteiger partial charge < -0.3 is 4.98 Å². The lowest BCUT2D eigenvalue weighted by Crippen LogP contribution is -1.98. The van der Waals surface area contributed by atoms with Gasteiger partial charge in [0, 0.05) is 48.5 Å². The largest absolute Gasteiger partial charge is 0.346 e. The first-order chi connectivity index (χ1) is 12.7. The highest BCUT2D eigenvalue weighted by atomic mass is 35.5. The Hall–Kier alpha value is -2.43. The normalized spacial score (nSPS) is 11.2. The highest BCUT2D eigenvalue weighted by molar-refractivity contribution is 6.35. The number of hydrogen-bond donors (Lipinski definition) is 1. The molecule has 4 aromatic heterocycles. The Balaban J connectivity index is 1.45. The summed E-state index contributed by atoms with van der Waals surface area (Å²) in [6.07, 6.45) is 11.3. The molecule has 4 rings (SSSR count). The lowest BCUT2D eigenvalue weighted by atomic mass is 10.1. The average Bonchev–Trinajstić information content (AvgIpc) is 3.06. The standard InChI is InChI=1S/C20H16Cl2N4/c21-18-11-23-12-19(22)17(18)6-5-15-4-3-13(9-25-15)8-14-10-26-20-16(14)2-1-7-24-20/h1-4,7,9-12H,5-6,8H2,(H,24,26). The Kier molecular flexibility index (Phi) is 4.87. The van der Waals surface area contributed by atoms with E-state index >= 15 is 0 Å². The van der Waals surface area contributed by atoms with Crippen LogP contribution in [-0.4, -0.2) is 19.9 Å². The van der Waals surface area contributed by atoms with Crippen LogP contribution in [0.3, 0.4) is 0 Å². The molecule has 0 spiro atoms. The summed E-state index contributed by atoms with van der Waals surface area (Å²) < 4.78 is 0. The van der Waals surface area contributed by atoms with Gasteiger partial charge in [-0.25, -0.2) is 4.98 Å². The van der Waals surface area contributed by atoms with Crippen LogP contribution < -0.4 is 0 Å². The van der Waals surface area contributed by atoms with E-state index in [1.54, 1.807) is 18.6 Å². The zero-order chi connectivity index (χ0) is 17.9. The zero-order valence-electron chi connectivity index (χ0n) is 13.9. The number of aromatic nitrogens is 4. The smallest absolute Gasteiger partial charge is 0.137 e. The average molecular weight is 383 g/mol. The van der Waals surface area contributed by atoms with E-state index in [1.807, 2.05) is 18.5 Å². The van der Waals surface area contributed by atoms with Crippen LogP contribution in [0.1, 0.15) is 22.4 Å².